The third kappa shape index (κ3) is 16.0. The van der Waals surface area contributed by atoms with Crippen LogP contribution in [0.4, 0.5) is 5.69 Å². The number of ether oxygens (including phenoxy) is 1. The highest BCUT2D eigenvalue weighted by atomic mass is 16.5. The molecule has 9 heterocycles. The molecule has 9 saturated heterocycles. The third-order valence-corrected chi connectivity index (χ3v) is 26.1. The molecular weight excluding hydrogens is 1180 g/mol. The number of hydrogen-bond donors (Lipinski definition) is 1. The van der Waals surface area contributed by atoms with Crippen molar-refractivity contribution in [2.45, 2.75) is 228 Å². The molecule has 18 rings (SSSR count). The summed E-state index contributed by atoms with van der Waals surface area (Å²) >= 11 is 0. The summed E-state index contributed by atoms with van der Waals surface area (Å²) in [7, 11) is 0. The molecule has 0 bridgehead atoms. The summed E-state index contributed by atoms with van der Waals surface area (Å²) < 4.78 is 5.18. The van der Waals surface area contributed by atoms with Gasteiger partial charge >= 0.3 is 0 Å². The van der Waals surface area contributed by atoms with Gasteiger partial charge in [0, 0.05) is 174 Å². The number of anilines is 1. The van der Waals surface area contributed by atoms with Crippen LogP contribution in [0.15, 0.2) is 127 Å². The fraction of sp³-hybridized carbons (Fsp3) is 0.698. The minimum absolute atomic E-state index is 0.412. The quantitative estimate of drug-likeness (QED) is 0.157. The first kappa shape index (κ1) is 71.9. The Balaban J connectivity index is 0.000000108. The van der Waals surface area contributed by atoms with Crippen LogP contribution in [-0.2, 0) is 10.3 Å². The van der Waals surface area contributed by atoms with Crippen LogP contribution in [0.25, 0.3) is 5.57 Å². The van der Waals surface area contributed by atoms with E-state index in [0.717, 1.165) is 78.6 Å². The van der Waals surface area contributed by atoms with Crippen LogP contribution in [0.1, 0.15) is 197 Å². The maximum atomic E-state index is 10.6. The second-order valence-corrected chi connectivity index (χ2v) is 36.6. The largest absolute Gasteiger partial charge is 0.385 e. The van der Waals surface area contributed by atoms with Gasteiger partial charge in [0.15, 0.2) is 0 Å². The third-order valence-electron chi connectivity index (χ3n) is 26.1. The number of allylic oxidation sites excluding steroid dienone is 1. The van der Waals surface area contributed by atoms with Crippen LogP contribution < -0.4 is 4.90 Å². The maximum absolute atomic E-state index is 10.6. The second kappa shape index (κ2) is 29.2. The van der Waals surface area contributed by atoms with Crippen molar-refractivity contribution in [2.75, 3.05) is 123 Å². The predicted molar refractivity (Wildman–Crippen MR) is 403 cm³/mol. The molecule has 0 amide bonds. The fourth-order valence-electron chi connectivity index (χ4n) is 19.3. The van der Waals surface area contributed by atoms with Gasteiger partial charge in [0.25, 0.3) is 0 Å². The van der Waals surface area contributed by atoms with E-state index in [4.69, 9.17) is 4.74 Å². The number of para-hydroxylation sites is 1. The van der Waals surface area contributed by atoms with Gasteiger partial charge in [-0.15, -0.1) is 0 Å². The van der Waals surface area contributed by atoms with Gasteiger partial charge in [0.1, 0.15) is 0 Å². The highest BCUT2D eigenvalue weighted by Gasteiger charge is 2.60. The van der Waals surface area contributed by atoms with Crippen molar-refractivity contribution < 1.29 is 9.84 Å². The minimum Gasteiger partial charge on any atom is -0.385 e. The topological polar surface area (TPSA) is 55.4 Å². The molecule has 10 nitrogen and oxygen atoms in total. The van der Waals surface area contributed by atoms with Crippen LogP contribution in [-0.4, -0.2) is 200 Å². The van der Waals surface area contributed by atoms with Crippen molar-refractivity contribution in [3.63, 3.8) is 0 Å². The van der Waals surface area contributed by atoms with E-state index in [-0.39, 0.29) is 0 Å². The number of rotatable bonds is 11. The molecule has 0 atom stereocenters. The summed E-state index contributed by atoms with van der Waals surface area (Å²) in [6, 6.07) is 47.8. The Bertz CT molecular complexity index is 2950. The van der Waals surface area contributed by atoms with Gasteiger partial charge in [-0.1, -0.05) is 135 Å². The zero-order chi connectivity index (χ0) is 67.9. The van der Waals surface area contributed by atoms with Crippen molar-refractivity contribution in [3.8, 4) is 0 Å². The number of likely N-dealkylation sites (tertiary alicyclic amines) is 7. The molecular formula is C86H132N8O2. The van der Waals surface area contributed by atoms with Crippen LogP contribution in [0, 0.1) is 37.9 Å². The molecule has 10 heteroatoms. The zero-order valence-corrected chi connectivity index (χ0v) is 62.9. The van der Waals surface area contributed by atoms with E-state index in [0.29, 0.717) is 39.2 Å². The molecule has 7 spiro atoms. The van der Waals surface area contributed by atoms with Crippen molar-refractivity contribution in [3.05, 3.63) is 144 Å². The van der Waals surface area contributed by atoms with E-state index in [9.17, 15) is 5.11 Å². The molecule has 4 aromatic rings. The average Bonchev–Trinajstić information content (AvgIpc) is 0.820. The summed E-state index contributed by atoms with van der Waals surface area (Å²) in [6.45, 7) is 54.8. The molecule has 4 saturated carbocycles. The Morgan fingerprint density at radius 2 is 0.708 bits per heavy atom. The number of aliphatic hydroxyl groups is 1. The standard InChI is InChI=1S/C15H21NO.C15H21N.C15H19N.C14H20N2.C10H19N.C9H17N.C8H15NO/c1-12(2)16-10-14(11-16)8-15(17,9-14)13-6-4-3-5-7-13;2*1-12(2)16-10-15(11-16)8-14(9-15)13-6-4-3-5-7-13;1-12(2)15-8-14(9-15)10-16(11-14)13-6-4-3-5-7-13;1-9(2)11-7-10(8-11)5-3-4-6-10;1-8(2)10-6-9(7-10)4-3-5-9;1-7(2)9-3-8(4-9)5-10-6-8/h3-7,12,17H,8-11H2,1-2H3;3-7,12,14H,8-11H2,1-2H3;3-8,12H,9-11H2,1-2H3;3-7,12H,8-11H2,1-2H3;9H,3-8H2,1-2H3;8H,3-7H2,1-2H3;7H,3-6H2,1-2H3. The molecule has 528 valence electrons. The minimum atomic E-state index is -0.551. The van der Waals surface area contributed by atoms with Gasteiger partial charge in [-0.05, 0) is 211 Å². The Kier molecular flexibility index (Phi) is 21.9. The lowest BCUT2D eigenvalue weighted by Gasteiger charge is -2.63. The van der Waals surface area contributed by atoms with Crippen molar-refractivity contribution in [1.29, 1.82) is 0 Å². The molecule has 14 aliphatic rings. The monoisotopic (exact) mass is 1310 g/mol. The molecule has 9 aliphatic heterocycles. The van der Waals surface area contributed by atoms with E-state index in [1.807, 2.05) is 30.3 Å². The molecule has 1 N–H and O–H groups in total. The van der Waals surface area contributed by atoms with Crippen LogP contribution in [0.5, 0.6) is 0 Å². The normalized spacial score (nSPS) is 26.0. The summed E-state index contributed by atoms with van der Waals surface area (Å²) in [4.78, 5) is 20.4. The summed E-state index contributed by atoms with van der Waals surface area (Å²) in [5.41, 5.74) is 10.9. The highest BCUT2D eigenvalue weighted by molar-refractivity contribution is 5.73. The molecule has 4 aromatic carbocycles. The van der Waals surface area contributed by atoms with Gasteiger partial charge in [0.2, 0.25) is 0 Å². The van der Waals surface area contributed by atoms with E-state index in [2.05, 4.69) is 233 Å². The molecule has 0 radical (unpaired) electrons. The molecule has 0 aromatic heterocycles. The Morgan fingerprint density at radius 1 is 0.365 bits per heavy atom. The summed E-state index contributed by atoms with van der Waals surface area (Å²) in [5, 5.41) is 10.6. The molecule has 5 aliphatic carbocycles. The van der Waals surface area contributed by atoms with Gasteiger partial charge < -0.3 is 14.7 Å². The number of hydrogen-bond acceptors (Lipinski definition) is 10. The molecule has 0 unspecified atom stereocenters. The Hall–Kier alpha value is -3.94. The fourth-order valence-corrected chi connectivity index (χ4v) is 19.3. The Labute approximate surface area is 584 Å². The predicted octanol–water partition coefficient (Wildman–Crippen LogP) is 15.9. The lowest BCUT2D eigenvalue weighted by molar-refractivity contribution is -0.201. The number of nitrogens with zero attached hydrogens (tertiary/aromatic N) is 8. The average molecular weight is 1310 g/mol. The zero-order valence-electron chi connectivity index (χ0n) is 62.9. The van der Waals surface area contributed by atoms with Crippen molar-refractivity contribution in [1.82, 2.24) is 34.3 Å². The van der Waals surface area contributed by atoms with Gasteiger partial charge in [-0.2, -0.15) is 0 Å². The van der Waals surface area contributed by atoms with Gasteiger partial charge in [0.05, 0.1) is 18.8 Å². The smallest absolute Gasteiger partial charge is 0.0909 e. The first-order valence-corrected chi connectivity index (χ1v) is 38.9. The van der Waals surface area contributed by atoms with E-state index >= 15 is 0 Å². The Morgan fingerprint density at radius 3 is 1.09 bits per heavy atom. The summed E-state index contributed by atoms with van der Waals surface area (Å²) in [5.74, 6) is 0.843. The lowest BCUT2D eigenvalue weighted by atomic mass is 9.53. The SMILES string of the molecule is CC(C)N1CC2(C1)CC(O)(c1ccccc1)C2.CC(C)N1CC2(C=C(c3ccccc3)C2)C1.CC(C)N1CC2(CC(c3ccccc3)C2)C1.CC(C)N1CC2(CCC2)C1.CC(C)N1CC2(CCCC2)C1.CC(C)N1CC2(CN(c3ccccc3)C2)C1.CC(C)N1CC2(COC2)C1. The first-order chi connectivity index (χ1) is 45.7. The second-order valence-electron chi connectivity index (χ2n) is 36.6. The van der Waals surface area contributed by atoms with E-state index in [1.165, 1.54) is 180 Å². The maximum Gasteiger partial charge on any atom is 0.0909 e. The van der Waals surface area contributed by atoms with Crippen molar-refractivity contribution >= 4 is 11.3 Å². The van der Waals surface area contributed by atoms with Gasteiger partial charge in [-0.25, -0.2) is 0 Å². The highest BCUT2D eigenvalue weighted by Crippen LogP contribution is 2.60. The van der Waals surface area contributed by atoms with Gasteiger partial charge in [-0.3, -0.25) is 34.3 Å². The van der Waals surface area contributed by atoms with Crippen molar-refractivity contribution in [2.24, 2.45) is 37.9 Å². The lowest BCUT2D eigenvalue weighted by Crippen LogP contribution is -2.73. The van der Waals surface area contributed by atoms with Crippen LogP contribution in [0.2, 0.25) is 0 Å². The molecule has 96 heavy (non-hydrogen) atoms. The molecule has 13 fully saturated rings. The van der Waals surface area contributed by atoms with E-state index < -0.39 is 5.60 Å². The number of benzene rings is 4. The van der Waals surface area contributed by atoms with Crippen LogP contribution >= 0.6 is 0 Å². The summed E-state index contributed by atoms with van der Waals surface area (Å²) in [6.07, 6.45) is 19.0. The van der Waals surface area contributed by atoms with Crippen LogP contribution in [0.3, 0.4) is 0 Å². The van der Waals surface area contributed by atoms with E-state index in [1.54, 1.807) is 11.1 Å². The first-order valence-electron chi connectivity index (χ1n) is 38.9.